The molecule has 17 heavy (non-hydrogen) atoms. The molecule has 0 aliphatic carbocycles. The molecule has 0 spiro atoms. The van der Waals surface area contributed by atoms with E-state index >= 15 is 0 Å². The molecule has 4 heteroatoms. The van der Waals surface area contributed by atoms with Crippen molar-refractivity contribution in [1.29, 1.82) is 0 Å². The molecule has 0 saturated carbocycles. The minimum atomic E-state index is -0.165. The van der Waals surface area contributed by atoms with E-state index in [1.807, 2.05) is 0 Å². The van der Waals surface area contributed by atoms with Crippen molar-refractivity contribution in [3.63, 3.8) is 0 Å². The summed E-state index contributed by atoms with van der Waals surface area (Å²) < 4.78 is 13.7. The van der Waals surface area contributed by atoms with Crippen LogP contribution in [-0.4, -0.2) is 22.8 Å². The third kappa shape index (κ3) is 3.01. The van der Waals surface area contributed by atoms with Gasteiger partial charge in [-0.2, -0.15) is 0 Å². The van der Waals surface area contributed by atoms with Crippen LogP contribution in [0.2, 0.25) is 5.02 Å². The predicted octanol–water partition coefficient (Wildman–Crippen LogP) is 4.08. The lowest BCUT2D eigenvalue weighted by Crippen LogP contribution is -2.33. The summed E-state index contributed by atoms with van der Waals surface area (Å²) in [6.07, 6.45) is 1.18. The number of nitrogens with zero attached hydrogens (tertiary/aromatic N) is 1. The molecule has 2 atom stereocenters. The van der Waals surface area contributed by atoms with Crippen molar-refractivity contribution in [1.82, 2.24) is 4.90 Å². The van der Waals surface area contributed by atoms with Gasteiger partial charge in [0.25, 0.3) is 0 Å². The summed E-state index contributed by atoms with van der Waals surface area (Å²) in [6, 6.07) is 5.26. The second kappa shape index (κ2) is 5.68. The van der Waals surface area contributed by atoms with Crippen molar-refractivity contribution in [3.05, 3.63) is 34.6 Å². The van der Waals surface area contributed by atoms with Crippen LogP contribution in [0.1, 0.15) is 18.9 Å². The molecule has 1 saturated heterocycles. The van der Waals surface area contributed by atoms with Gasteiger partial charge in [0.15, 0.2) is 0 Å². The van der Waals surface area contributed by atoms with Crippen molar-refractivity contribution in [2.45, 2.75) is 25.9 Å². The van der Waals surface area contributed by atoms with Crippen molar-refractivity contribution in [2.24, 2.45) is 5.92 Å². The molecule has 0 N–H and O–H groups in total. The fourth-order valence-corrected chi connectivity index (χ4v) is 3.66. The van der Waals surface area contributed by atoms with Gasteiger partial charge in [0.05, 0.1) is 0 Å². The Kier molecular flexibility index (Phi) is 4.45. The lowest BCUT2D eigenvalue weighted by molar-refractivity contribution is 0.241. The van der Waals surface area contributed by atoms with E-state index in [0.717, 1.165) is 11.9 Å². The fraction of sp³-hybridized carbons (Fsp3) is 0.538. The van der Waals surface area contributed by atoms with Crippen molar-refractivity contribution >= 4 is 27.5 Å². The van der Waals surface area contributed by atoms with Crippen LogP contribution in [0.25, 0.3) is 0 Å². The van der Waals surface area contributed by atoms with Crippen molar-refractivity contribution in [2.75, 3.05) is 11.9 Å². The summed E-state index contributed by atoms with van der Waals surface area (Å²) in [5.41, 5.74) is 0.692. The normalized spacial score (nSPS) is 25.4. The lowest BCUT2D eigenvalue weighted by atomic mass is 10.0. The number of likely N-dealkylation sites (tertiary alicyclic amines) is 1. The maximum atomic E-state index is 13.7. The molecule has 0 amide bonds. The first-order valence-electron chi connectivity index (χ1n) is 5.85. The third-order valence-electron chi connectivity index (χ3n) is 3.54. The van der Waals surface area contributed by atoms with E-state index in [1.54, 1.807) is 12.1 Å². The number of hydrogen-bond acceptors (Lipinski definition) is 1. The maximum Gasteiger partial charge on any atom is 0.127 e. The van der Waals surface area contributed by atoms with E-state index in [1.165, 1.54) is 12.5 Å². The zero-order valence-electron chi connectivity index (χ0n) is 9.80. The summed E-state index contributed by atoms with van der Waals surface area (Å²) in [4.78, 5) is 2.33. The summed E-state index contributed by atoms with van der Waals surface area (Å²) in [7, 11) is 0. The number of halogens is 3. The van der Waals surface area contributed by atoms with Gasteiger partial charge in [-0.05, 0) is 37.1 Å². The molecule has 1 aliphatic rings. The lowest BCUT2D eigenvalue weighted by Gasteiger charge is -2.25. The topological polar surface area (TPSA) is 3.24 Å². The largest absolute Gasteiger partial charge is 0.295 e. The number of benzene rings is 1. The van der Waals surface area contributed by atoms with Gasteiger partial charge < -0.3 is 0 Å². The second-order valence-electron chi connectivity index (χ2n) is 4.69. The highest BCUT2D eigenvalue weighted by molar-refractivity contribution is 9.09. The summed E-state index contributed by atoms with van der Waals surface area (Å²) in [5, 5.41) is 1.54. The Morgan fingerprint density at radius 2 is 2.29 bits per heavy atom. The predicted molar refractivity (Wildman–Crippen MR) is 73.2 cm³/mol. The standard InChI is InChI=1S/C13H16BrClFN/c1-9-4-5-17(13(9)7-14)8-10-6-11(15)2-3-12(10)16/h2-3,6,9,13H,4-5,7-8H2,1H3. The van der Waals surface area contributed by atoms with Gasteiger partial charge in [0.1, 0.15) is 5.82 Å². The maximum absolute atomic E-state index is 13.7. The van der Waals surface area contributed by atoms with E-state index in [-0.39, 0.29) is 5.82 Å². The molecule has 2 unspecified atom stereocenters. The molecular weight excluding hydrogens is 305 g/mol. The van der Waals surface area contributed by atoms with Gasteiger partial charge in [-0.3, -0.25) is 4.90 Å². The van der Waals surface area contributed by atoms with Crippen LogP contribution < -0.4 is 0 Å². The Labute approximate surface area is 115 Å². The first-order chi connectivity index (χ1) is 8.11. The molecule has 1 heterocycles. The molecule has 0 radical (unpaired) electrons. The number of hydrogen-bond donors (Lipinski definition) is 0. The first-order valence-corrected chi connectivity index (χ1v) is 7.35. The molecule has 1 nitrogen and oxygen atoms in total. The summed E-state index contributed by atoms with van der Waals surface area (Å²) in [5.74, 6) is 0.499. The van der Waals surface area contributed by atoms with E-state index in [0.29, 0.717) is 29.1 Å². The van der Waals surface area contributed by atoms with Crippen LogP contribution in [0.3, 0.4) is 0 Å². The molecule has 2 rings (SSSR count). The molecule has 94 valence electrons. The first kappa shape index (κ1) is 13.3. The molecule has 1 aliphatic heterocycles. The minimum Gasteiger partial charge on any atom is -0.295 e. The SMILES string of the molecule is CC1CCN(Cc2cc(Cl)ccc2F)C1CBr. The Bertz CT molecular complexity index is 399. The zero-order chi connectivity index (χ0) is 12.4. The van der Waals surface area contributed by atoms with Crippen molar-refractivity contribution in [3.8, 4) is 0 Å². The highest BCUT2D eigenvalue weighted by atomic mass is 79.9. The second-order valence-corrected chi connectivity index (χ2v) is 5.78. The van der Waals surface area contributed by atoms with E-state index in [2.05, 4.69) is 27.8 Å². The van der Waals surface area contributed by atoms with Gasteiger partial charge in [0.2, 0.25) is 0 Å². The smallest absolute Gasteiger partial charge is 0.127 e. The van der Waals surface area contributed by atoms with Gasteiger partial charge in [-0.1, -0.05) is 34.5 Å². The molecule has 0 bridgehead atoms. The highest BCUT2D eigenvalue weighted by Crippen LogP contribution is 2.28. The average molecular weight is 321 g/mol. The molecule has 1 aromatic carbocycles. The Morgan fingerprint density at radius 1 is 1.53 bits per heavy atom. The van der Waals surface area contributed by atoms with Crippen LogP contribution in [0, 0.1) is 11.7 Å². The van der Waals surface area contributed by atoms with Gasteiger partial charge in [0, 0.05) is 28.5 Å². The Morgan fingerprint density at radius 3 is 3.00 bits per heavy atom. The summed E-state index contributed by atoms with van der Waals surface area (Å²) in [6.45, 7) is 3.93. The number of rotatable bonds is 3. The van der Waals surface area contributed by atoms with E-state index < -0.39 is 0 Å². The average Bonchev–Trinajstić information content (AvgIpc) is 2.64. The molecular formula is C13H16BrClFN. The molecule has 1 aromatic rings. The monoisotopic (exact) mass is 319 g/mol. The quantitative estimate of drug-likeness (QED) is 0.758. The van der Waals surface area contributed by atoms with Crippen LogP contribution in [-0.2, 0) is 6.54 Å². The number of alkyl halides is 1. The molecule has 0 aromatic heterocycles. The zero-order valence-corrected chi connectivity index (χ0v) is 12.1. The van der Waals surface area contributed by atoms with Crippen LogP contribution in [0.5, 0.6) is 0 Å². The molecule has 1 fully saturated rings. The van der Waals surface area contributed by atoms with E-state index in [4.69, 9.17) is 11.6 Å². The Hall–Kier alpha value is -0.120. The highest BCUT2D eigenvalue weighted by Gasteiger charge is 2.30. The third-order valence-corrected chi connectivity index (χ3v) is 4.44. The van der Waals surface area contributed by atoms with Crippen LogP contribution in [0.15, 0.2) is 18.2 Å². The fourth-order valence-electron chi connectivity index (χ4n) is 2.42. The van der Waals surface area contributed by atoms with Gasteiger partial charge in [-0.15, -0.1) is 0 Å². The minimum absolute atomic E-state index is 0.165. The van der Waals surface area contributed by atoms with Crippen LogP contribution >= 0.6 is 27.5 Å². The van der Waals surface area contributed by atoms with Crippen molar-refractivity contribution < 1.29 is 4.39 Å². The van der Waals surface area contributed by atoms with Gasteiger partial charge >= 0.3 is 0 Å². The van der Waals surface area contributed by atoms with E-state index in [9.17, 15) is 4.39 Å². The Balaban J connectivity index is 2.12. The summed E-state index contributed by atoms with van der Waals surface area (Å²) >= 11 is 9.45. The van der Waals surface area contributed by atoms with Gasteiger partial charge in [-0.25, -0.2) is 4.39 Å². The van der Waals surface area contributed by atoms with Crippen LogP contribution in [0.4, 0.5) is 4.39 Å².